The summed E-state index contributed by atoms with van der Waals surface area (Å²) >= 11 is 0. The van der Waals surface area contributed by atoms with Gasteiger partial charge in [-0.15, -0.1) is 0 Å². The summed E-state index contributed by atoms with van der Waals surface area (Å²) in [7, 11) is -2.25. The van der Waals surface area contributed by atoms with Gasteiger partial charge in [0.05, 0.1) is 57.3 Å². The molecule has 262 valence electrons. The molecular weight excluding hydrogens is 616 g/mol. The van der Waals surface area contributed by atoms with Gasteiger partial charge in [-0.25, -0.2) is 0 Å². The van der Waals surface area contributed by atoms with E-state index in [0.717, 1.165) is 11.1 Å². The van der Waals surface area contributed by atoms with Crippen molar-refractivity contribution in [3.63, 3.8) is 0 Å². The van der Waals surface area contributed by atoms with Crippen LogP contribution in [-0.4, -0.2) is 76.2 Å². The molecule has 0 unspecified atom stereocenters. The molecule has 47 heavy (non-hydrogen) atoms. The second-order valence-electron chi connectivity index (χ2n) is 14.9. The van der Waals surface area contributed by atoms with Crippen molar-refractivity contribution in [1.82, 2.24) is 0 Å². The SMILES string of the molecule is CC(C)(C)[Si](C)(C)O[C@]12C[C@H](C[C@@H](CCOCOCc3ccccc3)O1)O[C@@]1(C[C@@H](O)C[C@@H](CCOCOCc3ccccc3)O1)C2. The Morgan fingerprint density at radius 1 is 0.745 bits per heavy atom. The van der Waals surface area contributed by atoms with Crippen molar-refractivity contribution < 1.29 is 42.7 Å². The second kappa shape index (κ2) is 16.3. The summed E-state index contributed by atoms with van der Waals surface area (Å²) in [6, 6.07) is 20.1. The number of ether oxygens (including phenoxy) is 7. The Hall–Kier alpha value is -1.70. The molecule has 0 amide bonds. The molecule has 0 aromatic heterocycles. The topological polar surface area (TPSA) is 94.1 Å². The molecule has 0 radical (unpaired) electrons. The zero-order chi connectivity index (χ0) is 33.4. The van der Waals surface area contributed by atoms with Gasteiger partial charge in [0.25, 0.3) is 0 Å². The van der Waals surface area contributed by atoms with Crippen molar-refractivity contribution in [3.8, 4) is 0 Å². The molecule has 9 nitrogen and oxygen atoms in total. The molecule has 10 heteroatoms. The predicted octanol–water partition coefficient (Wildman–Crippen LogP) is 7.07. The van der Waals surface area contributed by atoms with Gasteiger partial charge in [0.1, 0.15) is 13.6 Å². The molecule has 3 aliphatic rings. The molecule has 0 saturated carbocycles. The van der Waals surface area contributed by atoms with Crippen LogP contribution in [0, 0.1) is 0 Å². The Bertz CT molecular complexity index is 1210. The molecule has 2 aromatic rings. The maximum Gasteiger partial charge on any atom is 0.195 e. The summed E-state index contributed by atoms with van der Waals surface area (Å²) in [5, 5.41) is 11.1. The Labute approximate surface area is 282 Å². The summed E-state index contributed by atoms with van der Waals surface area (Å²) in [5.74, 6) is -1.84. The molecule has 3 fully saturated rings. The van der Waals surface area contributed by atoms with Crippen molar-refractivity contribution >= 4 is 8.32 Å². The van der Waals surface area contributed by atoms with Crippen LogP contribution < -0.4 is 0 Å². The van der Waals surface area contributed by atoms with Gasteiger partial charge in [-0.3, -0.25) is 0 Å². The molecule has 5 rings (SSSR count). The van der Waals surface area contributed by atoms with Crippen LogP contribution in [0.4, 0.5) is 0 Å². The fraction of sp³-hybridized carbons (Fsp3) is 0.676. The van der Waals surface area contributed by atoms with Crippen molar-refractivity contribution in [3.05, 3.63) is 71.8 Å². The number of benzene rings is 2. The van der Waals surface area contributed by atoms with E-state index < -0.39 is 26.0 Å². The molecule has 0 aliphatic carbocycles. The molecule has 6 atom stereocenters. The van der Waals surface area contributed by atoms with E-state index in [1.54, 1.807) is 0 Å². The molecule has 1 N–H and O–H groups in total. The van der Waals surface area contributed by atoms with Crippen LogP contribution in [0.3, 0.4) is 0 Å². The summed E-state index contributed by atoms with van der Waals surface area (Å²) < 4.78 is 50.6. The van der Waals surface area contributed by atoms with E-state index in [4.69, 9.17) is 37.6 Å². The van der Waals surface area contributed by atoms with Crippen molar-refractivity contribution in [2.75, 3.05) is 26.8 Å². The Kier molecular flexibility index (Phi) is 12.7. The normalized spacial score (nSPS) is 29.7. The minimum absolute atomic E-state index is 0.00634. The lowest BCUT2D eigenvalue weighted by molar-refractivity contribution is -0.407. The molecular formula is C37H56O9Si. The molecule has 3 heterocycles. The summed E-state index contributed by atoms with van der Waals surface area (Å²) in [4.78, 5) is 0. The monoisotopic (exact) mass is 672 g/mol. The standard InChI is InChI=1S/C37H56O9Si/c1-35(2,3)47(4,5)46-37-23-34(21-33(44-37)17-19-40-28-42-25-30-14-10-7-11-15-30)45-36(26-37)22-31(38)20-32(43-36)16-18-39-27-41-24-29-12-8-6-9-13-29/h6-15,31-34,38H,16-28H2,1-5H3/t31-,32+,33+,34-,36-,37-/m0/s1. The van der Waals surface area contributed by atoms with Gasteiger partial charge >= 0.3 is 0 Å². The highest BCUT2D eigenvalue weighted by atomic mass is 28.4. The Balaban J connectivity index is 1.16. The maximum absolute atomic E-state index is 11.1. The minimum Gasteiger partial charge on any atom is -0.393 e. The van der Waals surface area contributed by atoms with Crippen molar-refractivity contribution in [2.45, 2.75) is 133 Å². The average Bonchev–Trinajstić information content (AvgIpc) is 2.99. The molecule has 2 aromatic carbocycles. The van der Waals surface area contributed by atoms with Crippen LogP contribution in [-0.2, 0) is 50.8 Å². The molecule has 1 spiro atoms. The van der Waals surface area contributed by atoms with E-state index in [2.05, 4.69) is 33.9 Å². The van der Waals surface area contributed by atoms with Crippen LogP contribution in [0.15, 0.2) is 60.7 Å². The quantitative estimate of drug-likeness (QED) is 0.114. The van der Waals surface area contributed by atoms with Gasteiger partial charge < -0.3 is 42.7 Å². The van der Waals surface area contributed by atoms with E-state index in [1.165, 1.54) is 0 Å². The zero-order valence-corrected chi connectivity index (χ0v) is 30.0. The lowest BCUT2D eigenvalue weighted by Crippen LogP contribution is -2.66. The Morgan fingerprint density at radius 3 is 1.85 bits per heavy atom. The lowest BCUT2D eigenvalue weighted by atomic mass is 9.84. The lowest BCUT2D eigenvalue weighted by Gasteiger charge is -2.59. The first-order valence-corrected chi connectivity index (χ1v) is 20.2. The van der Waals surface area contributed by atoms with Crippen LogP contribution >= 0.6 is 0 Å². The van der Waals surface area contributed by atoms with Crippen molar-refractivity contribution in [1.29, 1.82) is 0 Å². The zero-order valence-electron chi connectivity index (χ0n) is 29.0. The highest BCUT2D eigenvalue weighted by Crippen LogP contribution is 2.52. The average molecular weight is 673 g/mol. The number of hydrogen-bond acceptors (Lipinski definition) is 9. The van der Waals surface area contributed by atoms with Gasteiger partial charge in [0.15, 0.2) is 19.9 Å². The predicted molar refractivity (Wildman–Crippen MR) is 181 cm³/mol. The number of hydrogen-bond donors (Lipinski definition) is 1. The first-order chi connectivity index (χ1) is 22.4. The van der Waals surface area contributed by atoms with Gasteiger partial charge in [0.2, 0.25) is 0 Å². The number of aliphatic hydroxyl groups excluding tert-OH is 1. The van der Waals surface area contributed by atoms with Crippen LogP contribution in [0.5, 0.6) is 0 Å². The third-order valence-corrected chi connectivity index (χ3v) is 14.3. The summed E-state index contributed by atoms with van der Waals surface area (Å²) in [6.07, 6.45) is 3.07. The van der Waals surface area contributed by atoms with E-state index in [0.29, 0.717) is 71.4 Å². The molecule has 3 aliphatic heterocycles. The van der Waals surface area contributed by atoms with E-state index in [1.807, 2.05) is 60.7 Å². The summed E-state index contributed by atoms with van der Waals surface area (Å²) in [6.45, 7) is 13.7. The second-order valence-corrected chi connectivity index (χ2v) is 19.6. The van der Waals surface area contributed by atoms with E-state index in [-0.39, 0.29) is 36.9 Å². The highest BCUT2D eigenvalue weighted by molar-refractivity contribution is 6.74. The largest absolute Gasteiger partial charge is 0.393 e. The van der Waals surface area contributed by atoms with E-state index in [9.17, 15) is 5.11 Å². The van der Waals surface area contributed by atoms with Gasteiger partial charge in [-0.2, -0.15) is 0 Å². The smallest absolute Gasteiger partial charge is 0.195 e. The van der Waals surface area contributed by atoms with E-state index >= 15 is 0 Å². The maximum atomic E-state index is 11.1. The number of rotatable bonds is 16. The van der Waals surface area contributed by atoms with Gasteiger partial charge in [-0.05, 0) is 48.5 Å². The van der Waals surface area contributed by atoms with Gasteiger partial charge in [0, 0.05) is 19.3 Å². The summed E-state index contributed by atoms with van der Waals surface area (Å²) in [5.41, 5.74) is 2.23. The fourth-order valence-electron chi connectivity index (χ4n) is 6.62. The minimum atomic E-state index is -2.25. The van der Waals surface area contributed by atoms with Gasteiger partial charge in [-0.1, -0.05) is 81.4 Å². The number of aliphatic hydroxyl groups is 1. The highest BCUT2D eigenvalue weighted by Gasteiger charge is 2.60. The first kappa shape index (κ1) is 36.6. The third-order valence-electron chi connectivity index (χ3n) is 9.80. The first-order valence-electron chi connectivity index (χ1n) is 17.3. The van der Waals surface area contributed by atoms with Crippen molar-refractivity contribution in [2.24, 2.45) is 0 Å². The molecule has 2 bridgehead atoms. The van der Waals surface area contributed by atoms with Crippen LogP contribution in [0.1, 0.15) is 76.8 Å². The third kappa shape index (κ3) is 10.6. The van der Waals surface area contributed by atoms with Crippen LogP contribution in [0.2, 0.25) is 18.1 Å². The number of fused-ring (bicyclic) bond motifs is 2. The molecule has 3 saturated heterocycles. The van der Waals surface area contributed by atoms with Crippen LogP contribution in [0.25, 0.3) is 0 Å². The Morgan fingerprint density at radius 2 is 1.30 bits per heavy atom. The fourth-order valence-corrected chi connectivity index (χ4v) is 8.06.